The highest BCUT2D eigenvalue weighted by atomic mass is 32.2. The number of sulfonamides is 1. The van der Waals surface area contributed by atoms with E-state index >= 15 is 0 Å². The Kier molecular flexibility index (Phi) is 6.66. The van der Waals surface area contributed by atoms with Gasteiger partial charge in [-0.15, -0.1) is 11.8 Å². The number of carbonyl (C=O) groups is 2. The lowest BCUT2D eigenvalue weighted by atomic mass is 10.2. The highest BCUT2D eigenvalue weighted by molar-refractivity contribution is 7.99. The summed E-state index contributed by atoms with van der Waals surface area (Å²) < 4.78 is 33.0. The number of anilines is 1. The maximum atomic E-state index is 13.0. The molecule has 10 heteroatoms. The van der Waals surface area contributed by atoms with Crippen molar-refractivity contribution in [2.24, 2.45) is 0 Å². The molecule has 2 amide bonds. The molecule has 1 aromatic rings. The van der Waals surface area contributed by atoms with Gasteiger partial charge >= 0.3 is 0 Å². The van der Waals surface area contributed by atoms with Crippen molar-refractivity contribution in [1.82, 2.24) is 9.62 Å². The van der Waals surface area contributed by atoms with Crippen molar-refractivity contribution in [3.05, 3.63) is 18.2 Å². The molecule has 30 heavy (non-hydrogen) atoms. The SMILES string of the molecule is O=C(CN1C(=O)CCSc2ccc(S(=O)(=O)N3CCCC3)cc21)NCC1CCCO1. The van der Waals surface area contributed by atoms with E-state index in [1.165, 1.54) is 21.0 Å². The first kappa shape index (κ1) is 21.6. The zero-order valence-corrected chi connectivity index (χ0v) is 18.5. The van der Waals surface area contributed by atoms with Gasteiger partial charge in [-0.05, 0) is 43.9 Å². The summed E-state index contributed by atoms with van der Waals surface area (Å²) in [5.74, 6) is 0.145. The Hall–Kier alpha value is -1.62. The molecular formula is C20H27N3O5S2. The number of fused-ring (bicyclic) bond motifs is 1. The van der Waals surface area contributed by atoms with Crippen LogP contribution in [0.5, 0.6) is 0 Å². The number of nitrogens with zero attached hydrogens (tertiary/aromatic N) is 2. The maximum Gasteiger partial charge on any atom is 0.243 e. The first-order chi connectivity index (χ1) is 14.4. The number of nitrogens with one attached hydrogen (secondary N) is 1. The van der Waals surface area contributed by atoms with Crippen LogP contribution in [0.4, 0.5) is 5.69 Å². The third kappa shape index (κ3) is 4.66. The number of ether oxygens (including phenoxy) is 1. The van der Waals surface area contributed by atoms with Crippen LogP contribution in [-0.4, -0.2) is 69.2 Å². The zero-order valence-electron chi connectivity index (χ0n) is 16.8. The van der Waals surface area contributed by atoms with Crippen LogP contribution in [0.3, 0.4) is 0 Å². The summed E-state index contributed by atoms with van der Waals surface area (Å²) in [6, 6.07) is 4.90. The minimum Gasteiger partial charge on any atom is -0.376 e. The molecule has 8 nitrogen and oxygen atoms in total. The van der Waals surface area contributed by atoms with Gasteiger partial charge in [-0.2, -0.15) is 4.31 Å². The average Bonchev–Trinajstić information content (AvgIpc) is 3.42. The molecule has 3 aliphatic heterocycles. The van der Waals surface area contributed by atoms with Gasteiger partial charge in [0.25, 0.3) is 0 Å². The Morgan fingerprint density at radius 1 is 1.23 bits per heavy atom. The van der Waals surface area contributed by atoms with Crippen molar-refractivity contribution >= 4 is 39.3 Å². The van der Waals surface area contributed by atoms with Crippen LogP contribution in [0, 0.1) is 0 Å². The fraction of sp³-hybridized carbons (Fsp3) is 0.600. The topological polar surface area (TPSA) is 96.0 Å². The molecule has 4 rings (SSSR count). The summed E-state index contributed by atoms with van der Waals surface area (Å²) in [5, 5.41) is 2.84. The number of hydrogen-bond acceptors (Lipinski definition) is 6. The Balaban J connectivity index is 1.55. The van der Waals surface area contributed by atoms with Crippen LogP contribution in [-0.2, 0) is 24.3 Å². The number of rotatable bonds is 6. The van der Waals surface area contributed by atoms with Gasteiger partial charge in [0.15, 0.2) is 0 Å². The van der Waals surface area contributed by atoms with E-state index in [-0.39, 0.29) is 29.4 Å². The lowest BCUT2D eigenvalue weighted by molar-refractivity contribution is -0.124. The fourth-order valence-electron chi connectivity index (χ4n) is 3.99. The van der Waals surface area contributed by atoms with Gasteiger partial charge in [-0.25, -0.2) is 8.42 Å². The molecular weight excluding hydrogens is 426 g/mol. The highest BCUT2D eigenvalue weighted by Gasteiger charge is 2.31. The first-order valence-electron chi connectivity index (χ1n) is 10.4. The molecule has 2 fully saturated rings. The van der Waals surface area contributed by atoms with Gasteiger partial charge < -0.3 is 15.0 Å². The molecule has 1 aromatic carbocycles. The van der Waals surface area contributed by atoms with Crippen molar-refractivity contribution in [2.45, 2.75) is 48.0 Å². The fourth-order valence-corrected chi connectivity index (χ4v) is 6.51. The summed E-state index contributed by atoms with van der Waals surface area (Å²) in [6.07, 6.45) is 3.94. The van der Waals surface area contributed by atoms with Crippen molar-refractivity contribution in [3.8, 4) is 0 Å². The Morgan fingerprint density at radius 3 is 2.77 bits per heavy atom. The average molecular weight is 454 g/mol. The summed E-state index contributed by atoms with van der Waals surface area (Å²) in [6.45, 7) is 2.03. The van der Waals surface area contributed by atoms with Crippen LogP contribution < -0.4 is 10.2 Å². The van der Waals surface area contributed by atoms with E-state index in [4.69, 9.17) is 4.74 Å². The molecule has 164 valence electrons. The second-order valence-corrected chi connectivity index (χ2v) is 10.8. The number of thioether (sulfide) groups is 1. The molecule has 0 spiro atoms. The maximum absolute atomic E-state index is 13.0. The van der Waals surface area contributed by atoms with E-state index in [2.05, 4.69) is 5.32 Å². The smallest absolute Gasteiger partial charge is 0.243 e. The number of benzene rings is 1. The summed E-state index contributed by atoms with van der Waals surface area (Å²) in [5.41, 5.74) is 0.495. The normalized spacial score (nSPS) is 22.7. The van der Waals surface area contributed by atoms with Crippen LogP contribution in [0.1, 0.15) is 32.1 Å². The zero-order chi connectivity index (χ0) is 21.1. The van der Waals surface area contributed by atoms with E-state index in [9.17, 15) is 18.0 Å². The Bertz CT molecular complexity index is 909. The molecule has 3 heterocycles. The molecule has 0 saturated carbocycles. The van der Waals surface area contributed by atoms with E-state index in [1.54, 1.807) is 18.2 Å². The van der Waals surface area contributed by atoms with Gasteiger partial charge in [0.1, 0.15) is 6.54 Å². The Labute approximate surface area is 181 Å². The number of amides is 2. The summed E-state index contributed by atoms with van der Waals surface area (Å²) in [7, 11) is -3.61. The molecule has 0 aromatic heterocycles. The van der Waals surface area contributed by atoms with E-state index in [1.807, 2.05) is 0 Å². The molecule has 1 unspecified atom stereocenters. The van der Waals surface area contributed by atoms with Crippen LogP contribution >= 0.6 is 11.8 Å². The minimum atomic E-state index is -3.61. The van der Waals surface area contributed by atoms with Crippen molar-refractivity contribution < 1.29 is 22.7 Å². The largest absolute Gasteiger partial charge is 0.376 e. The lowest BCUT2D eigenvalue weighted by Gasteiger charge is -2.24. The first-order valence-corrected chi connectivity index (χ1v) is 12.8. The molecule has 3 aliphatic rings. The second-order valence-electron chi connectivity index (χ2n) is 7.76. The second kappa shape index (κ2) is 9.25. The van der Waals surface area contributed by atoms with E-state index in [0.717, 1.165) is 30.6 Å². The predicted molar refractivity (Wildman–Crippen MR) is 114 cm³/mol. The van der Waals surface area contributed by atoms with Crippen LogP contribution in [0.2, 0.25) is 0 Å². The number of carbonyl (C=O) groups excluding carboxylic acids is 2. The van der Waals surface area contributed by atoms with Crippen molar-refractivity contribution in [2.75, 3.05) is 43.4 Å². The lowest BCUT2D eigenvalue weighted by Crippen LogP contribution is -2.42. The van der Waals surface area contributed by atoms with Gasteiger partial charge in [0.05, 0.1) is 16.7 Å². The van der Waals surface area contributed by atoms with Gasteiger partial charge in [0.2, 0.25) is 21.8 Å². The quantitative estimate of drug-likeness (QED) is 0.703. The van der Waals surface area contributed by atoms with Crippen molar-refractivity contribution in [3.63, 3.8) is 0 Å². The van der Waals surface area contributed by atoms with Gasteiger partial charge in [0, 0.05) is 43.3 Å². The molecule has 2 saturated heterocycles. The third-order valence-electron chi connectivity index (χ3n) is 5.65. The highest BCUT2D eigenvalue weighted by Crippen LogP contribution is 2.37. The molecule has 0 bridgehead atoms. The van der Waals surface area contributed by atoms with Crippen molar-refractivity contribution in [1.29, 1.82) is 0 Å². The monoisotopic (exact) mass is 453 g/mol. The molecule has 1 N–H and O–H groups in total. The molecule has 0 aliphatic carbocycles. The minimum absolute atomic E-state index is 0.0221. The van der Waals surface area contributed by atoms with E-state index < -0.39 is 10.0 Å². The standard InChI is InChI=1S/C20H27N3O5S2/c24-19(21-13-15-4-3-10-28-15)14-23-17-12-16(30(26,27)22-8-1-2-9-22)5-6-18(17)29-11-7-20(23)25/h5-6,12,15H,1-4,7-11,13-14H2,(H,21,24). The third-order valence-corrected chi connectivity index (χ3v) is 8.61. The van der Waals surface area contributed by atoms with Crippen LogP contribution in [0.15, 0.2) is 28.0 Å². The van der Waals surface area contributed by atoms with E-state index in [0.29, 0.717) is 44.1 Å². The predicted octanol–water partition coefficient (Wildman–Crippen LogP) is 1.60. The van der Waals surface area contributed by atoms with Crippen LogP contribution in [0.25, 0.3) is 0 Å². The summed E-state index contributed by atoms with van der Waals surface area (Å²) in [4.78, 5) is 27.7. The number of hydrogen-bond donors (Lipinski definition) is 1. The Morgan fingerprint density at radius 2 is 2.03 bits per heavy atom. The van der Waals surface area contributed by atoms with Gasteiger partial charge in [-0.1, -0.05) is 0 Å². The summed E-state index contributed by atoms with van der Waals surface area (Å²) >= 11 is 1.51. The van der Waals surface area contributed by atoms with Gasteiger partial charge in [-0.3, -0.25) is 9.59 Å². The molecule has 0 radical (unpaired) electrons. The molecule has 1 atom stereocenters.